The number of aromatic nitrogens is 3. The average molecular weight is 1090 g/mol. The van der Waals surface area contributed by atoms with Gasteiger partial charge < -0.3 is 13.7 Å². The van der Waals surface area contributed by atoms with Crippen molar-refractivity contribution in [1.82, 2.24) is 13.7 Å². The topological polar surface area (TPSA) is 14.8 Å². The Hall–Kier alpha value is -7.56. The summed E-state index contributed by atoms with van der Waals surface area (Å²) in [5.41, 5.74) is 32.9. The van der Waals surface area contributed by atoms with Crippen molar-refractivity contribution in [3.63, 3.8) is 0 Å². The lowest BCUT2D eigenvalue weighted by molar-refractivity contribution is 0.583. The van der Waals surface area contributed by atoms with Crippen LogP contribution in [0.15, 0.2) is 140 Å². The third kappa shape index (κ3) is 6.56. The van der Waals surface area contributed by atoms with Crippen LogP contribution in [0.2, 0.25) is 0 Å². The van der Waals surface area contributed by atoms with Crippen LogP contribution in [0.4, 0.5) is 0 Å². The first kappa shape index (κ1) is 52.0. The maximum absolute atomic E-state index is 2.84. The lowest BCUT2D eigenvalue weighted by Gasteiger charge is -2.45. The van der Waals surface area contributed by atoms with E-state index < -0.39 is 5.41 Å². The second-order valence-electron chi connectivity index (χ2n) is 31.2. The summed E-state index contributed by atoms with van der Waals surface area (Å²) in [6.07, 6.45) is 0. The molecule has 84 heavy (non-hydrogen) atoms. The van der Waals surface area contributed by atoms with Gasteiger partial charge >= 0.3 is 0 Å². The van der Waals surface area contributed by atoms with Gasteiger partial charge in [-0.2, -0.15) is 0 Å². The standard InChI is InChI=1S/C80H80BN3/c1-42(2)45-19-25-52(26-20-45)82-66-31-22-47(44(5)6)34-59(66)69-68(82)41-58-55-33-46(43(3)4)21-30-65(55)83-67-32-29-60-75-70(67)81(71(69)74(58)83)64-40-51(79(16,17)18)36-57-56-35-50(78(13,14)15)39-63(72(56)84(75)73(57)64)80(60)61-37-48(76(7,8)9)23-27-53(61)54-28-24-49(38-62(54)80)77(10,11)12/h19-44H,1-18H3. The van der Waals surface area contributed by atoms with Crippen molar-refractivity contribution in [3.8, 4) is 28.2 Å². The summed E-state index contributed by atoms with van der Waals surface area (Å²) in [5, 5.41) is 8.10. The molecule has 0 atom stereocenters. The molecule has 12 aromatic rings. The summed E-state index contributed by atoms with van der Waals surface area (Å²) in [6, 6.07) is 57.9. The van der Waals surface area contributed by atoms with Crippen LogP contribution in [0, 0.1) is 0 Å². The molecule has 0 unspecified atom stereocenters. The molecule has 0 N–H and O–H groups in total. The average Bonchev–Trinajstić information content (AvgIpc) is 1.40. The molecule has 0 fully saturated rings. The molecule has 9 aromatic carbocycles. The van der Waals surface area contributed by atoms with Crippen LogP contribution in [-0.4, -0.2) is 20.4 Å². The Morgan fingerprint density at radius 3 is 1.42 bits per heavy atom. The van der Waals surface area contributed by atoms with Crippen molar-refractivity contribution in [2.24, 2.45) is 0 Å². The third-order valence-corrected chi connectivity index (χ3v) is 21.0. The van der Waals surface area contributed by atoms with Crippen LogP contribution in [0.3, 0.4) is 0 Å². The third-order valence-electron chi connectivity index (χ3n) is 21.0. The molecule has 0 bridgehead atoms. The van der Waals surface area contributed by atoms with E-state index >= 15 is 0 Å². The Balaban J connectivity index is 1.18. The quantitative estimate of drug-likeness (QED) is 0.156. The van der Waals surface area contributed by atoms with Crippen molar-refractivity contribution >= 4 is 88.5 Å². The zero-order chi connectivity index (χ0) is 58.7. The minimum Gasteiger partial charge on any atom is -0.310 e. The van der Waals surface area contributed by atoms with Gasteiger partial charge in [-0.1, -0.05) is 203 Å². The van der Waals surface area contributed by atoms with Crippen LogP contribution in [0.5, 0.6) is 0 Å². The lowest BCUT2D eigenvalue weighted by atomic mass is 9.33. The number of fused-ring (bicyclic) bond motifs is 18. The molecule has 3 nitrogen and oxygen atoms in total. The second kappa shape index (κ2) is 16.4. The number of hydrogen-bond donors (Lipinski definition) is 0. The summed E-state index contributed by atoms with van der Waals surface area (Å²) in [4.78, 5) is 0. The van der Waals surface area contributed by atoms with Crippen molar-refractivity contribution in [2.45, 2.75) is 169 Å². The first-order chi connectivity index (χ1) is 39.7. The zero-order valence-electron chi connectivity index (χ0n) is 52.9. The molecule has 3 aromatic heterocycles. The predicted molar refractivity (Wildman–Crippen MR) is 362 cm³/mol. The molecular weight excluding hydrogens is 1010 g/mol. The van der Waals surface area contributed by atoms with Crippen LogP contribution in [0.25, 0.3) is 93.6 Å². The van der Waals surface area contributed by atoms with Crippen molar-refractivity contribution in [3.05, 3.63) is 201 Å². The number of hydrogen-bond acceptors (Lipinski definition) is 0. The summed E-state index contributed by atoms with van der Waals surface area (Å²) in [7, 11) is 0. The molecule has 1 spiro atoms. The first-order valence-corrected chi connectivity index (χ1v) is 31.5. The van der Waals surface area contributed by atoms with E-state index in [0.29, 0.717) is 17.8 Å². The van der Waals surface area contributed by atoms with E-state index in [9.17, 15) is 0 Å². The molecule has 4 heteroatoms. The number of benzene rings is 9. The fourth-order valence-corrected chi connectivity index (χ4v) is 16.2. The Kier molecular flexibility index (Phi) is 10.2. The van der Waals surface area contributed by atoms with Gasteiger partial charge in [0.05, 0.1) is 33.0 Å². The SMILES string of the molecule is CC(C)c1ccc(-n2c3ccc(C(C)C)cc3c3c4c5c(cc32)c2cc(C(C)C)ccc2n5-c2ccc3c5c2B4c2cc(C(C)(C)C)cc4c6cc(C(C)(C)C)cc(c6n-5c24)C32c3cc(C(C)(C)C)ccc3-c3ccc(C(C)(C)C)cc32)cc1. The highest BCUT2D eigenvalue weighted by atomic mass is 15.1. The van der Waals surface area contributed by atoms with Gasteiger partial charge in [0.15, 0.2) is 0 Å². The largest absolute Gasteiger partial charge is 0.310 e. The van der Waals surface area contributed by atoms with Gasteiger partial charge in [0.25, 0.3) is 6.71 Å². The van der Waals surface area contributed by atoms with Gasteiger partial charge in [-0.05, 0) is 189 Å². The zero-order valence-corrected chi connectivity index (χ0v) is 52.9. The molecule has 4 aliphatic rings. The fraction of sp³-hybridized carbons (Fsp3) is 0.325. The lowest BCUT2D eigenvalue weighted by Crippen LogP contribution is -2.61. The Labute approximate surface area is 497 Å². The van der Waals surface area contributed by atoms with Crippen LogP contribution in [0.1, 0.15) is 204 Å². The highest BCUT2D eigenvalue weighted by Crippen LogP contribution is 2.63. The van der Waals surface area contributed by atoms with Crippen LogP contribution < -0.4 is 16.4 Å². The summed E-state index contributed by atoms with van der Waals surface area (Å²) in [5.74, 6) is 1.17. The molecule has 3 aliphatic heterocycles. The van der Waals surface area contributed by atoms with Gasteiger partial charge in [-0.15, -0.1) is 0 Å². The molecule has 1 aliphatic carbocycles. The molecule has 6 heterocycles. The number of rotatable bonds is 4. The minimum atomic E-state index is -0.646. The highest BCUT2D eigenvalue weighted by molar-refractivity contribution is 7.02. The maximum atomic E-state index is 2.84. The second-order valence-corrected chi connectivity index (χ2v) is 31.2. The fourth-order valence-electron chi connectivity index (χ4n) is 16.2. The predicted octanol–water partition coefficient (Wildman–Crippen LogP) is 19.4. The highest BCUT2D eigenvalue weighted by Gasteiger charge is 2.56. The molecule has 0 radical (unpaired) electrons. The molecule has 418 valence electrons. The maximum Gasteiger partial charge on any atom is 0.253 e. The smallest absolute Gasteiger partial charge is 0.253 e. The molecule has 16 rings (SSSR count). The van der Waals surface area contributed by atoms with Gasteiger partial charge in [0.1, 0.15) is 0 Å². The number of nitrogens with zero attached hydrogens (tertiary/aromatic N) is 3. The van der Waals surface area contributed by atoms with Crippen molar-refractivity contribution in [1.29, 1.82) is 0 Å². The van der Waals surface area contributed by atoms with E-state index in [0.717, 1.165) is 0 Å². The van der Waals surface area contributed by atoms with E-state index in [2.05, 4.69) is 278 Å². The molecular formula is C80H80BN3. The molecule has 0 saturated heterocycles. The van der Waals surface area contributed by atoms with Crippen molar-refractivity contribution in [2.75, 3.05) is 0 Å². The van der Waals surface area contributed by atoms with E-state index in [-0.39, 0.29) is 28.4 Å². The van der Waals surface area contributed by atoms with Gasteiger partial charge in [-0.3, -0.25) is 0 Å². The van der Waals surface area contributed by atoms with Crippen LogP contribution >= 0.6 is 0 Å². The monoisotopic (exact) mass is 1090 g/mol. The normalized spacial score (nSPS) is 14.9. The summed E-state index contributed by atoms with van der Waals surface area (Å²) < 4.78 is 8.21. The van der Waals surface area contributed by atoms with Crippen LogP contribution in [-0.2, 0) is 27.1 Å². The van der Waals surface area contributed by atoms with E-state index in [1.165, 1.54) is 171 Å². The Morgan fingerprint density at radius 1 is 0.357 bits per heavy atom. The molecule has 0 amide bonds. The Bertz CT molecular complexity index is 4890. The van der Waals surface area contributed by atoms with Gasteiger partial charge in [0, 0.05) is 54.9 Å². The van der Waals surface area contributed by atoms with Gasteiger partial charge in [-0.25, -0.2) is 0 Å². The van der Waals surface area contributed by atoms with E-state index in [4.69, 9.17) is 0 Å². The molecule has 0 saturated carbocycles. The Morgan fingerprint density at radius 2 is 0.857 bits per heavy atom. The first-order valence-electron chi connectivity index (χ1n) is 31.5. The van der Waals surface area contributed by atoms with E-state index in [1.807, 2.05) is 0 Å². The summed E-state index contributed by atoms with van der Waals surface area (Å²) >= 11 is 0. The van der Waals surface area contributed by atoms with Gasteiger partial charge in [0.2, 0.25) is 0 Å². The van der Waals surface area contributed by atoms with E-state index in [1.54, 1.807) is 0 Å². The van der Waals surface area contributed by atoms with Crippen molar-refractivity contribution < 1.29 is 0 Å². The summed E-state index contributed by atoms with van der Waals surface area (Å²) in [6.45, 7) is 42.9. The minimum absolute atomic E-state index is 0.0718.